The summed E-state index contributed by atoms with van der Waals surface area (Å²) in [7, 11) is -0.656. The summed E-state index contributed by atoms with van der Waals surface area (Å²) in [4.78, 5) is 11.0. The molecule has 0 saturated carbocycles. The average molecular weight is 315 g/mol. The number of methoxy groups -OCH3 is 2. The van der Waals surface area contributed by atoms with E-state index in [9.17, 15) is 13.2 Å². The Morgan fingerprint density at radius 1 is 1.29 bits per heavy atom. The molecule has 21 heavy (non-hydrogen) atoms. The summed E-state index contributed by atoms with van der Waals surface area (Å²) in [6, 6.07) is 6.81. The van der Waals surface area contributed by atoms with Crippen LogP contribution in [0.1, 0.15) is 31.4 Å². The molecule has 0 amide bonds. The molecular formula is C14H21NO5S. The molecule has 118 valence electrons. The molecule has 0 aliphatic heterocycles. The number of carbonyl (C=O) groups excluding carboxylic acids is 1. The predicted molar refractivity (Wildman–Crippen MR) is 79.6 cm³/mol. The van der Waals surface area contributed by atoms with Crippen molar-refractivity contribution in [3.05, 3.63) is 29.8 Å². The van der Waals surface area contributed by atoms with Gasteiger partial charge < -0.3 is 9.47 Å². The predicted octanol–water partition coefficient (Wildman–Crippen LogP) is 1.63. The van der Waals surface area contributed by atoms with Gasteiger partial charge in [0.1, 0.15) is 5.75 Å². The lowest BCUT2D eigenvalue weighted by Crippen LogP contribution is -2.29. The molecule has 1 atom stereocenters. The van der Waals surface area contributed by atoms with E-state index in [0.717, 1.165) is 5.56 Å². The van der Waals surface area contributed by atoms with E-state index in [1.807, 2.05) is 12.1 Å². The molecule has 7 heteroatoms. The minimum atomic E-state index is -3.47. The molecule has 1 N–H and O–H groups in total. The second kappa shape index (κ2) is 7.99. The van der Waals surface area contributed by atoms with Crippen LogP contribution in [0.5, 0.6) is 5.75 Å². The summed E-state index contributed by atoms with van der Waals surface area (Å²) < 4.78 is 36.2. The number of esters is 1. The van der Waals surface area contributed by atoms with Crippen LogP contribution in [0, 0.1) is 0 Å². The summed E-state index contributed by atoms with van der Waals surface area (Å²) in [5.41, 5.74) is 0.761. The minimum Gasteiger partial charge on any atom is -0.496 e. The van der Waals surface area contributed by atoms with Crippen molar-refractivity contribution in [3.8, 4) is 5.75 Å². The quantitative estimate of drug-likeness (QED) is 0.737. The molecule has 0 saturated heterocycles. The second-order valence-corrected chi connectivity index (χ2v) is 6.45. The van der Waals surface area contributed by atoms with E-state index >= 15 is 0 Å². The molecule has 0 unspecified atom stereocenters. The summed E-state index contributed by atoms with van der Waals surface area (Å²) in [6.07, 6.45) is 0.307. The van der Waals surface area contributed by atoms with E-state index in [2.05, 4.69) is 9.46 Å². The van der Waals surface area contributed by atoms with Crippen molar-refractivity contribution in [1.29, 1.82) is 0 Å². The number of nitrogens with one attached hydrogen (secondary N) is 1. The number of rotatable bonds is 8. The maximum Gasteiger partial charge on any atom is 0.305 e. The number of hydrogen-bond acceptors (Lipinski definition) is 5. The molecule has 0 aliphatic rings. The van der Waals surface area contributed by atoms with Crippen molar-refractivity contribution < 1.29 is 22.7 Å². The summed E-state index contributed by atoms with van der Waals surface area (Å²) >= 11 is 0. The zero-order valence-electron chi connectivity index (χ0n) is 12.5. The third-order valence-corrected chi connectivity index (χ3v) is 4.52. The maximum atomic E-state index is 12.0. The smallest absolute Gasteiger partial charge is 0.305 e. The van der Waals surface area contributed by atoms with Gasteiger partial charge in [0.25, 0.3) is 0 Å². The number of para-hydroxylation sites is 1. The molecular weight excluding hydrogens is 294 g/mol. The highest BCUT2D eigenvalue weighted by molar-refractivity contribution is 7.89. The molecule has 1 aromatic rings. The van der Waals surface area contributed by atoms with Gasteiger partial charge in [-0.1, -0.05) is 18.2 Å². The van der Waals surface area contributed by atoms with Crippen LogP contribution in [-0.2, 0) is 19.6 Å². The Morgan fingerprint density at radius 3 is 2.57 bits per heavy atom. The third kappa shape index (κ3) is 5.73. The van der Waals surface area contributed by atoms with E-state index in [4.69, 9.17) is 4.74 Å². The minimum absolute atomic E-state index is 0.0838. The van der Waals surface area contributed by atoms with Gasteiger partial charge >= 0.3 is 5.97 Å². The number of benzene rings is 1. The number of ether oxygens (including phenoxy) is 2. The van der Waals surface area contributed by atoms with Gasteiger partial charge in [-0.3, -0.25) is 4.79 Å². The molecule has 1 aromatic carbocycles. The van der Waals surface area contributed by atoms with E-state index < -0.39 is 22.0 Å². The van der Waals surface area contributed by atoms with Crippen LogP contribution in [0.25, 0.3) is 0 Å². The van der Waals surface area contributed by atoms with Gasteiger partial charge in [-0.25, -0.2) is 13.1 Å². The number of carbonyl (C=O) groups is 1. The summed E-state index contributed by atoms with van der Waals surface area (Å²) in [5, 5.41) is 0. The number of sulfonamides is 1. The lowest BCUT2D eigenvalue weighted by atomic mass is 10.1. The van der Waals surface area contributed by atoms with Crippen LogP contribution in [0.3, 0.4) is 0 Å². The van der Waals surface area contributed by atoms with Gasteiger partial charge in [0.15, 0.2) is 0 Å². The van der Waals surface area contributed by atoms with Crippen LogP contribution in [-0.4, -0.2) is 34.4 Å². The molecule has 6 nitrogen and oxygen atoms in total. The fourth-order valence-corrected chi connectivity index (χ4v) is 3.23. The van der Waals surface area contributed by atoms with Crippen molar-refractivity contribution in [2.24, 2.45) is 0 Å². The van der Waals surface area contributed by atoms with Crippen LogP contribution in [0.15, 0.2) is 24.3 Å². The lowest BCUT2D eigenvalue weighted by molar-refractivity contribution is -0.140. The van der Waals surface area contributed by atoms with Crippen molar-refractivity contribution in [2.45, 2.75) is 25.8 Å². The molecule has 0 aromatic heterocycles. The van der Waals surface area contributed by atoms with E-state index in [0.29, 0.717) is 5.75 Å². The molecule has 0 radical (unpaired) electrons. The lowest BCUT2D eigenvalue weighted by Gasteiger charge is -2.17. The summed E-state index contributed by atoms with van der Waals surface area (Å²) in [5.74, 6) is 0.0898. The van der Waals surface area contributed by atoms with Gasteiger partial charge in [-0.2, -0.15) is 0 Å². The standard InChI is InChI=1S/C14H21NO5S/c1-11(12-7-4-5-8-13(12)19-2)15-21(17,18)10-6-9-14(16)20-3/h4-5,7-8,11,15H,6,9-10H2,1-3H3/t11-/m1/s1. The highest BCUT2D eigenvalue weighted by Crippen LogP contribution is 2.24. The fourth-order valence-electron chi connectivity index (χ4n) is 1.92. The van der Waals surface area contributed by atoms with Crippen molar-refractivity contribution in [3.63, 3.8) is 0 Å². The van der Waals surface area contributed by atoms with Crippen molar-refractivity contribution in [2.75, 3.05) is 20.0 Å². The monoisotopic (exact) mass is 315 g/mol. The largest absolute Gasteiger partial charge is 0.496 e. The van der Waals surface area contributed by atoms with E-state index in [1.165, 1.54) is 14.2 Å². The van der Waals surface area contributed by atoms with Gasteiger partial charge in [0.05, 0.1) is 20.0 Å². The number of hydrogen-bond donors (Lipinski definition) is 1. The van der Waals surface area contributed by atoms with Crippen LogP contribution in [0.2, 0.25) is 0 Å². The Balaban J connectivity index is 2.64. The Morgan fingerprint density at radius 2 is 1.95 bits per heavy atom. The highest BCUT2D eigenvalue weighted by atomic mass is 32.2. The Hall–Kier alpha value is -1.60. The third-order valence-electron chi connectivity index (χ3n) is 2.98. The molecule has 0 bridgehead atoms. The highest BCUT2D eigenvalue weighted by Gasteiger charge is 2.18. The van der Waals surface area contributed by atoms with Gasteiger partial charge in [0.2, 0.25) is 10.0 Å². The summed E-state index contributed by atoms with van der Waals surface area (Å²) in [6.45, 7) is 1.75. The zero-order chi connectivity index (χ0) is 15.9. The first-order valence-corrected chi connectivity index (χ1v) is 8.24. The molecule has 0 heterocycles. The first-order valence-electron chi connectivity index (χ1n) is 6.59. The first kappa shape index (κ1) is 17.5. The van der Waals surface area contributed by atoms with Crippen molar-refractivity contribution in [1.82, 2.24) is 4.72 Å². The Bertz CT molecular complexity index is 570. The Labute approximate surface area is 125 Å². The zero-order valence-corrected chi connectivity index (χ0v) is 13.3. The topological polar surface area (TPSA) is 81.7 Å². The molecule has 1 rings (SSSR count). The van der Waals surface area contributed by atoms with Gasteiger partial charge in [-0.05, 0) is 19.4 Å². The van der Waals surface area contributed by atoms with Gasteiger partial charge in [0, 0.05) is 18.0 Å². The molecule has 0 fully saturated rings. The molecule has 0 spiro atoms. The SMILES string of the molecule is COC(=O)CCCS(=O)(=O)N[C@H](C)c1ccccc1OC. The van der Waals surface area contributed by atoms with Crippen LogP contribution in [0.4, 0.5) is 0 Å². The molecule has 0 aliphatic carbocycles. The van der Waals surface area contributed by atoms with E-state index in [1.54, 1.807) is 19.1 Å². The van der Waals surface area contributed by atoms with Crippen LogP contribution >= 0.6 is 0 Å². The normalized spacial score (nSPS) is 12.7. The average Bonchev–Trinajstić information content (AvgIpc) is 2.46. The maximum absolute atomic E-state index is 12.0. The fraction of sp³-hybridized carbons (Fsp3) is 0.500. The first-order chi connectivity index (χ1) is 9.89. The van der Waals surface area contributed by atoms with Crippen LogP contribution < -0.4 is 9.46 Å². The second-order valence-electron chi connectivity index (χ2n) is 4.58. The van der Waals surface area contributed by atoms with Crippen molar-refractivity contribution >= 4 is 16.0 Å². The van der Waals surface area contributed by atoms with E-state index in [-0.39, 0.29) is 18.6 Å². The van der Waals surface area contributed by atoms with Gasteiger partial charge in [-0.15, -0.1) is 0 Å². The Kier molecular flexibility index (Phi) is 6.64.